The van der Waals surface area contributed by atoms with Crippen LogP contribution in [-0.4, -0.2) is 11.2 Å². The van der Waals surface area contributed by atoms with Crippen LogP contribution in [0.25, 0.3) is 0 Å². The maximum atomic E-state index is 9.99. The van der Waals surface area contributed by atoms with E-state index in [0.717, 1.165) is 42.4 Å². The average molecular weight is 288 g/mol. The van der Waals surface area contributed by atoms with Crippen molar-refractivity contribution in [3.05, 3.63) is 11.6 Å². The summed E-state index contributed by atoms with van der Waals surface area (Å²) >= 11 is 0. The van der Waals surface area contributed by atoms with Gasteiger partial charge in [0.25, 0.3) is 0 Å². The second-order valence-corrected chi connectivity index (χ2v) is 8.71. The third-order valence-corrected chi connectivity index (χ3v) is 8.12. The van der Waals surface area contributed by atoms with Gasteiger partial charge in [-0.15, -0.1) is 0 Å². The van der Waals surface area contributed by atoms with Crippen molar-refractivity contribution in [3.8, 4) is 0 Å². The molecule has 0 aromatic carbocycles. The summed E-state index contributed by atoms with van der Waals surface area (Å²) in [6.45, 7) is 4.83. The van der Waals surface area contributed by atoms with E-state index in [4.69, 9.17) is 0 Å². The third kappa shape index (κ3) is 2.06. The molecule has 0 heterocycles. The van der Waals surface area contributed by atoms with Crippen LogP contribution < -0.4 is 0 Å². The van der Waals surface area contributed by atoms with E-state index < -0.39 is 0 Å². The highest BCUT2D eigenvalue weighted by Crippen LogP contribution is 2.63. The van der Waals surface area contributed by atoms with Gasteiger partial charge in [-0.3, -0.25) is 0 Å². The van der Waals surface area contributed by atoms with E-state index in [1.54, 1.807) is 5.57 Å². The molecule has 118 valence electrons. The van der Waals surface area contributed by atoms with E-state index in [2.05, 4.69) is 19.9 Å². The largest absolute Gasteiger partial charge is 0.393 e. The Kier molecular flexibility index (Phi) is 3.48. The molecule has 1 N–H and O–H groups in total. The molecular weight excluding hydrogens is 256 g/mol. The first-order valence-corrected chi connectivity index (χ1v) is 9.47. The second kappa shape index (κ2) is 5.11. The fourth-order valence-corrected chi connectivity index (χ4v) is 7.15. The van der Waals surface area contributed by atoms with Crippen LogP contribution in [0, 0.1) is 35.0 Å². The van der Waals surface area contributed by atoms with Crippen molar-refractivity contribution >= 4 is 0 Å². The molecule has 0 saturated heterocycles. The molecule has 21 heavy (non-hydrogen) atoms. The van der Waals surface area contributed by atoms with Gasteiger partial charge in [-0.1, -0.05) is 18.6 Å². The quantitative estimate of drug-likeness (QED) is 0.626. The predicted molar refractivity (Wildman–Crippen MR) is 86.9 cm³/mol. The summed E-state index contributed by atoms with van der Waals surface area (Å²) in [5, 5.41) is 9.99. The summed E-state index contributed by atoms with van der Waals surface area (Å²) in [7, 11) is 0. The van der Waals surface area contributed by atoms with Gasteiger partial charge in [0, 0.05) is 0 Å². The van der Waals surface area contributed by atoms with Crippen LogP contribution in [-0.2, 0) is 0 Å². The molecule has 4 fully saturated rings. The topological polar surface area (TPSA) is 20.2 Å². The summed E-state index contributed by atoms with van der Waals surface area (Å²) in [5.41, 5.74) is 2.31. The van der Waals surface area contributed by atoms with Gasteiger partial charge in [0.15, 0.2) is 0 Å². The number of aliphatic hydroxyl groups excluding tert-OH is 1. The van der Waals surface area contributed by atoms with Crippen molar-refractivity contribution in [3.63, 3.8) is 0 Å². The van der Waals surface area contributed by atoms with Crippen molar-refractivity contribution in [1.29, 1.82) is 0 Å². The Labute approximate surface area is 130 Å². The van der Waals surface area contributed by atoms with Crippen LogP contribution in [0.4, 0.5) is 0 Å². The van der Waals surface area contributed by atoms with Gasteiger partial charge < -0.3 is 5.11 Å². The Hall–Kier alpha value is -0.300. The van der Waals surface area contributed by atoms with Crippen molar-refractivity contribution < 1.29 is 5.11 Å². The molecule has 4 aliphatic rings. The molecular formula is C20H32O. The van der Waals surface area contributed by atoms with Crippen molar-refractivity contribution in [2.75, 3.05) is 0 Å². The van der Waals surface area contributed by atoms with Gasteiger partial charge in [0.05, 0.1) is 6.10 Å². The summed E-state index contributed by atoms with van der Waals surface area (Å²) < 4.78 is 0. The van der Waals surface area contributed by atoms with Crippen LogP contribution in [0.1, 0.15) is 71.6 Å². The van der Waals surface area contributed by atoms with Gasteiger partial charge in [0.2, 0.25) is 0 Å². The van der Waals surface area contributed by atoms with E-state index in [9.17, 15) is 5.11 Å². The number of allylic oxidation sites excluding steroid dienone is 2. The van der Waals surface area contributed by atoms with Gasteiger partial charge in [-0.2, -0.15) is 0 Å². The molecule has 0 aromatic rings. The van der Waals surface area contributed by atoms with E-state index >= 15 is 0 Å². The monoisotopic (exact) mass is 288 g/mol. The molecule has 0 amide bonds. The lowest BCUT2D eigenvalue weighted by molar-refractivity contribution is -0.0610. The zero-order valence-electron chi connectivity index (χ0n) is 13.9. The fraction of sp³-hybridized carbons (Fsp3) is 0.900. The maximum Gasteiger partial charge on any atom is 0.0543 e. The summed E-state index contributed by atoms with van der Waals surface area (Å²) in [5.74, 6) is 4.76. The van der Waals surface area contributed by atoms with Crippen molar-refractivity contribution in [1.82, 2.24) is 0 Å². The zero-order chi connectivity index (χ0) is 14.6. The fourth-order valence-electron chi connectivity index (χ4n) is 7.15. The average Bonchev–Trinajstić information content (AvgIpc) is 2.83. The molecule has 1 nitrogen and oxygen atoms in total. The van der Waals surface area contributed by atoms with E-state index in [1.807, 2.05) is 0 Å². The molecule has 1 unspecified atom stereocenters. The summed E-state index contributed by atoms with van der Waals surface area (Å²) in [4.78, 5) is 0. The molecule has 0 aliphatic heterocycles. The van der Waals surface area contributed by atoms with Crippen LogP contribution in [0.5, 0.6) is 0 Å². The minimum atomic E-state index is 0.0118. The number of rotatable bonds is 0. The van der Waals surface area contributed by atoms with Crippen molar-refractivity contribution in [2.24, 2.45) is 35.0 Å². The minimum absolute atomic E-state index is 0.0118. The van der Waals surface area contributed by atoms with Gasteiger partial charge in [-0.25, -0.2) is 0 Å². The molecule has 0 spiro atoms. The highest BCUT2D eigenvalue weighted by Gasteiger charge is 2.54. The predicted octanol–water partition coefficient (Wildman–Crippen LogP) is 4.95. The number of aliphatic hydroxyl groups is 1. The highest BCUT2D eigenvalue weighted by atomic mass is 16.3. The Bertz CT molecular complexity index is 439. The molecule has 0 radical (unpaired) electrons. The molecule has 0 aromatic heterocycles. The first-order chi connectivity index (χ1) is 10.1. The standard InChI is InChI=1S/C20H32O/c1-3-14-5-9-19-18-7-4-13-12-15(21)6-8-16(13)17(18)10-11-20(14,19)2/h3,13,15-19,21H,4-12H2,1-2H3/b14-3-/t13-,15?,16+,17-,18-,19+,20-/m1/s1. The zero-order valence-corrected chi connectivity index (χ0v) is 13.9. The number of hydrogen-bond acceptors (Lipinski definition) is 1. The summed E-state index contributed by atoms with van der Waals surface area (Å²) in [6.07, 6.45) is 14.5. The Morgan fingerprint density at radius 2 is 1.81 bits per heavy atom. The highest BCUT2D eigenvalue weighted by molar-refractivity contribution is 5.23. The van der Waals surface area contributed by atoms with Gasteiger partial charge in [-0.05, 0) is 99.7 Å². The summed E-state index contributed by atoms with van der Waals surface area (Å²) in [6, 6.07) is 0. The maximum absolute atomic E-state index is 9.99. The minimum Gasteiger partial charge on any atom is -0.393 e. The first-order valence-electron chi connectivity index (χ1n) is 9.47. The molecule has 4 saturated carbocycles. The van der Waals surface area contributed by atoms with Gasteiger partial charge in [0.1, 0.15) is 0 Å². The molecule has 7 atom stereocenters. The molecule has 1 heteroatoms. The molecule has 0 bridgehead atoms. The van der Waals surface area contributed by atoms with Crippen LogP contribution >= 0.6 is 0 Å². The van der Waals surface area contributed by atoms with Crippen LogP contribution in [0.15, 0.2) is 11.6 Å². The Morgan fingerprint density at radius 1 is 1.00 bits per heavy atom. The third-order valence-electron chi connectivity index (χ3n) is 8.12. The Balaban J connectivity index is 1.58. The van der Waals surface area contributed by atoms with Gasteiger partial charge >= 0.3 is 0 Å². The van der Waals surface area contributed by atoms with Crippen LogP contribution in [0.2, 0.25) is 0 Å². The SMILES string of the molecule is C/C=C1/CC[C@H]2[C@@H]3CC[C@@H]4CC(O)CC[C@@H]4[C@H]3CC[C@]12C. The first kappa shape index (κ1) is 14.3. The Morgan fingerprint density at radius 3 is 2.62 bits per heavy atom. The number of hydrogen-bond donors (Lipinski definition) is 1. The number of fused-ring (bicyclic) bond motifs is 5. The van der Waals surface area contributed by atoms with E-state index in [-0.39, 0.29) is 6.10 Å². The normalized spacial score (nSPS) is 54.9. The molecule has 4 aliphatic carbocycles. The van der Waals surface area contributed by atoms with Crippen LogP contribution in [0.3, 0.4) is 0 Å². The lowest BCUT2D eigenvalue weighted by atomic mass is 9.50. The smallest absolute Gasteiger partial charge is 0.0543 e. The second-order valence-electron chi connectivity index (χ2n) is 8.71. The van der Waals surface area contributed by atoms with Crippen molar-refractivity contribution in [2.45, 2.75) is 77.7 Å². The van der Waals surface area contributed by atoms with E-state index in [0.29, 0.717) is 5.41 Å². The van der Waals surface area contributed by atoms with E-state index in [1.165, 1.54) is 44.9 Å². The lowest BCUT2D eigenvalue weighted by Gasteiger charge is -2.55. The molecule has 4 rings (SSSR count). The lowest BCUT2D eigenvalue weighted by Crippen LogP contribution is -2.48.